The molecule has 1 aromatic heterocycles. The molecule has 76 valence electrons. The molecule has 0 aromatic carbocycles. The Labute approximate surface area is 86.4 Å². The van der Waals surface area contributed by atoms with Crippen LogP contribution < -0.4 is 0 Å². The fourth-order valence-electron chi connectivity index (χ4n) is 1.47. The van der Waals surface area contributed by atoms with Crippen molar-refractivity contribution in [1.29, 1.82) is 0 Å². The number of ketones is 1. The second-order valence-electron chi connectivity index (χ2n) is 3.43. The quantitative estimate of drug-likeness (QED) is 0.764. The lowest BCUT2D eigenvalue weighted by molar-refractivity contribution is -0.116. The first-order chi connectivity index (χ1) is 6.75. The number of aromatic nitrogens is 2. The van der Waals surface area contributed by atoms with E-state index in [1.807, 2.05) is 11.8 Å². The molecule has 1 aliphatic rings. The van der Waals surface area contributed by atoms with Crippen LogP contribution in [0.5, 0.6) is 0 Å². The number of hydrogen-bond donors (Lipinski definition) is 0. The normalized spacial score (nSPS) is 21.4. The Bertz CT molecular complexity index is 331. The average molecular weight is 212 g/mol. The second kappa shape index (κ2) is 4.13. The van der Waals surface area contributed by atoms with Crippen molar-refractivity contribution in [2.24, 2.45) is 0 Å². The fourth-order valence-corrected chi connectivity index (χ4v) is 2.65. The Hall–Kier alpha value is -0.840. The zero-order valence-corrected chi connectivity index (χ0v) is 8.84. The predicted octanol–water partition coefficient (Wildman–Crippen LogP) is 1.77. The van der Waals surface area contributed by atoms with Crippen molar-refractivity contribution in [3.05, 3.63) is 11.7 Å². The smallest absolute Gasteiger partial charge is 0.239 e. The van der Waals surface area contributed by atoms with Crippen LogP contribution in [0.3, 0.4) is 0 Å². The van der Waals surface area contributed by atoms with Gasteiger partial charge in [0.2, 0.25) is 5.89 Å². The lowest BCUT2D eigenvalue weighted by Gasteiger charge is -1.98. The van der Waals surface area contributed by atoms with Crippen molar-refractivity contribution >= 4 is 17.5 Å². The average Bonchev–Trinajstić information content (AvgIpc) is 2.69. The van der Waals surface area contributed by atoms with Crippen LogP contribution in [0.4, 0.5) is 0 Å². The minimum absolute atomic E-state index is 0.0661. The van der Waals surface area contributed by atoms with Crippen LogP contribution in [0.1, 0.15) is 36.7 Å². The van der Waals surface area contributed by atoms with Crippen LogP contribution in [0.15, 0.2) is 4.52 Å². The molecule has 1 atom stereocenters. The first-order valence-electron chi connectivity index (χ1n) is 4.69. The molecule has 1 aromatic rings. The summed E-state index contributed by atoms with van der Waals surface area (Å²) < 4.78 is 5.12. The van der Waals surface area contributed by atoms with Gasteiger partial charge in [-0.05, 0) is 25.5 Å². The Morgan fingerprint density at radius 1 is 1.71 bits per heavy atom. The number of nitrogens with zero attached hydrogens (tertiary/aromatic N) is 2. The van der Waals surface area contributed by atoms with Gasteiger partial charge < -0.3 is 4.52 Å². The summed E-state index contributed by atoms with van der Waals surface area (Å²) in [5, 5.41) is 4.13. The minimum atomic E-state index is 0.0661. The number of carbonyl (C=O) groups is 1. The molecule has 0 saturated carbocycles. The summed E-state index contributed by atoms with van der Waals surface area (Å²) in [7, 11) is 0. The molecule has 1 unspecified atom stereocenters. The van der Waals surface area contributed by atoms with Crippen LogP contribution >= 0.6 is 11.8 Å². The van der Waals surface area contributed by atoms with Gasteiger partial charge in [-0.2, -0.15) is 4.98 Å². The topological polar surface area (TPSA) is 56.0 Å². The predicted molar refractivity (Wildman–Crippen MR) is 53.1 cm³/mol. The van der Waals surface area contributed by atoms with Gasteiger partial charge in [-0.25, -0.2) is 0 Å². The van der Waals surface area contributed by atoms with Crippen LogP contribution in [0.25, 0.3) is 0 Å². The van der Waals surface area contributed by atoms with Gasteiger partial charge in [0.1, 0.15) is 5.78 Å². The Morgan fingerprint density at radius 3 is 3.21 bits per heavy atom. The largest absolute Gasteiger partial charge is 0.338 e. The number of Topliss-reactive ketones (excluding diaryl/α,β-unsaturated/α-hetero) is 1. The number of hydrogen-bond acceptors (Lipinski definition) is 5. The molecule has 0 radical (unpaired) electrons. The first kappa shape index (κ1) is 9.71. The summed E-state index contributed by atoms with van der Waals surface area (Å²) in [6.45, 7) is 1.53. The maximum atomic E-state index is 10.8. The monoisotopic (exact) mass is 212 g/mol. The molecule has 5 heteroatoms. The van der Waals surface area contributed by atoms with Gasteiger partial charge in [-0.3, -0.25) is 4.79 Å². The third-order valence-electron chi connectivity index (χ3n) is 2.10. The molecule has 1 fully saturated rings. The molecule has 0 spiro atoms. The highest BCUT2D eigenvalue weighted by Crippen LogP contribution is 2.38. The van der Waals surface area contributed by atoms with E-state index >= 15 is 0 Å². The maximum absolute atomic E-state index is 10.8. The molecule has 0 bridgehead atoms. The van der Waals surface area contributed by atoms with E-state index in [0.717, 1.165) is 12.2 Å². The van der Waals surface area contributed by atoms with E-state index in [2.05, 4.69) is 10.1 Å². The van der Waals surface area contributed by atoms with E-state index in [1.165, 1.54) is 13.3 Å². The summed E-state index contributed by atoms with van der Waals surface area (Å²) in [5.74, 6) is 2.43. The third-order valence-corrected chi connectivity index (χ3v) is 3.46. The van der Waals surface area contributed by atoms with Crippen molar-refractivity contribution in [1.82, 2.24) is 10.1 Å². The van der Waals surface area contributed by atoms with Crippen LogP contribution in [0, 0.1) is 0 Å². The summed E-state index contributed by atoms with van der Waals surface area (Å²) in [5.41, 5.74) is 0. The minimum Gasteiger partial charge on any atom is -0.338 e. The Kier molecular flexibility index (Phi) is 2.86. The third kappa shape index (κ3) is 2.15. The molecule has 2 heterocycles. The van der Waals surface area contributed by atoms with Gasteiger partial charge in [-0.1, -0.05) is 5.16 Å². The Balaban J connectivity index is 2.05. The fraction of sp³-hybridized carbons (Fsp3) is 0.667. The van der Waals surface area contributed by atoms with Crippen LogP contribution in [-0.4, -0.2) is 21.7 Å². The molecule has 0 amide bonds. The summed E-state index contributed by atoms with van der Waals surface area (Å²) in [6.07, 6.45) is 2.59. The number of rotatable bonds is 3. The zero-order valence-electron chi connectivity index (χ0n) is 8.02. The van der Waals surface area contributed by atoms with Crippen LogP contribution in [-0.2, 0) is 11.2 Å². The van der Waals surface area contributed by atoms with Crippen LogP contribution in [0.2, 0.25) is 0 Å². The lowest BCUT2D eigenvalue weighted by atomic mass is 10.2. The van der Waals surface area contributed by atoms with Gasteiger partial charge in [-0.15, -0.1) is 11.8 Å². The molecule has 14 heavy (non-hydrogen) atoms. The molecule has 0 N–H and O–H groups in total. The molecule has 0 aliphatic carbocycles. The van der Waals surface area contributed by atoms with E-state index in [1.54, 1.807) is 0 Å². The highest BCUT2D eigenvalue weighted by Gasteiger charge is 2.23. The second-order valence-corrected chi connectivity index (χ2v) is 4.74. The van der Waals surface area contributed by atoms with Crippen molar-refractivity contribution < 1.29 is 9.32 Å². The van der Waals surface area contributed by atoms with E-state index in [9.17, 15) is 4.79 Å². The van der Waals surface area contributed by atoms with Crippen molar-refractivity contribution in [3.8, 4) is 0 Å². The molecule has 1 aliphatic heterocycles. The summed E-state index contributed by atoms with van der Waals surface area (Å²) in [6, 6.07) is 0. The molecular formula is C9H12N2O2S. The standard InChI is InChI=1S/C9H12N2O2S/c1-6(12)5-8-10-9(13-11-8)7-3-2-4-14-7/h7H,2-5H2,1H3. The molecule has 1 saturated heterocycles. The van der Waals surface area contributed by atoms with Crippen molar-refractivity contribution in [3.63, 3.8) is 0 Å². The van der Waals surface area contributed by atoms with Gasteiger partial charge in [0, 0.05) is 0 Å². The maximum Gasteiger partial charge on any atom is 0.239 e. The van der Waals surface area contributed by atoms with Gasteiger partial charge in [0.05, 0.1) is 11.7 Å². The molecule has 2 rings (SSSR count). The van der Waals surface area contributed by atoms with Gasteiger partial charge in [0.25, 0.3) is 0 Å². The molecule has 4 nitrogen and oxygen atoms in total. The van der Waals surface area contributed by atoms with E-state index in [-0.39, 0.29) is 12.2 Å². The van der Waals surface area contributed by atoms with E-state index in [4.69, 9.17) is 4.52 Å². The SMILES string of the molecule is CC(=O)Cc1noc(C2CCCS2)n1. The highest BCUT2D eigenvalue weighted by molar-refractivity contribution is 7.99. The van der Waals surface area contributed by atoms with E-state index < -0.39 is 0 Å². The summed E-state index contributed by atoms with van der Waals surface area (Å²) in [4.78, 5) is 15.0. The van der Waals surface area contributed by atoms with Crippen molar-refractivity contribution in [2.75, 3.05) is 5.75 Å². The van der Waals surface area contributed by atoms with Crippen molar-refractivity contribution in [2.45, 2.75) is 31.4 Å². The van der Waals surface area contributed by atoms with Gasteiger partial charge in [0.15, 0.2) is 5.82 Å². The highest BCUT2D eigenvalue weighted by atomic mass is 32.2. The number of carbonyl (C=O) groups excluding carboxylic acids is 1. The number of thioether (sulfide) groups is 1. The zero-order chi connectivity index (χ0) is 9.97. The summed E-state index contributed by atoms with van der Waals surface area (Å²) >= 11 is 1.85. The lowest BCUT2D eigenvalue weighted by Crippen LogP contribution is -1.98. The van der Waals surface area contributed by atoms with Gasteiger partial charge >= 0.3 is 0 Å². The molecular weight excluding hydrogens is 200 g/mol. The first-order valence-corrected chi connectivity index (χ1v) is 5.74. The Morgan fingerprint density at radius 2 is 2.57 bits per heavy atom. The van der Waals surface area contributed by atoms with E-state index in [0.29, 0.717) is 17.0 Å².